The van der Waals surface area contributed by atoms with Gasteiger partial charge in [0.15, 0.2) is 0 Å². The Kier molecular flexibility index (Phi) is 39.2. The minimum Gasteiger partial charge on any atom is -0.342 e. The van der Waals surface area contributed by atoms with E-state index in [9.17, 15) is 4.79 Å². The summed E-state index contributed by atoms with van der Waals surface area (Å²) in [6.07, 6.45) is 49.8. The van der Waals surface area contributed by atoms with Crippen molar-refractivity contribution in [2.24, 2.45) is 0 Å². The quantitative estimate of drug-likeness (QED) is 0.0625. The highest BCUT2D eigenvalue weighted by molar-refractivity contribution is 5.78. The predicted molar refractivity (Wildman–Crippen MR) is 204 cm³/mol. The van der Waals surface area contributed by atoms with Gasteiger partial charge in [0.05, 0.1) is 6.07 Å². The Morgan fingerprint density at radius 2 is 0.565 bits per heavy atom. The van der Waals surface area contributed by atoms with E-state index < -0.39 is 0 Å². The summed E-state index contributed by atoms with van der Waals surface area (Å²) < 4.78 is 0. The molecule has 0 saturated carbocycles. The monoisotopic (exact) mass is 645 g/mol. The average molecular weight is 645 g/mol. The number of carbonyl (C=O) groups excluding carboxylic acids is 1. The topological polar surface area (TPSA) is 44.1 Å². The molecule has 1 amide bonds. The molecule has 272 valence electrons. The second kappa shape index (κ2) is 40.1. The van der Waals surface area contributed by atoms with Gasteiger partial charge in [-0.3, -0.25) is 4.79 Å². The van der Waals surface area contributed by atoms with E-state index >= 15 is 0 Å². The number of unbranched alkanes of at least 4 members (excludes halogenated alkanes) is 34. The molecule has 0 spiro atoms. The summed E-state index contributed by atoms with van der Waals surface area (Å²) >= 11 is 0. The minimum absolute atomic E-state index is 0.0398. The summed E-state index contributed by atoms with van der Waals surface area (Å²) in [7, 11) is 0. The van der Waals surface area contributed by atoms with Crippen molar-refractivity contribution in [2.75, 3.05) is 13.1 Å². The van der Waals surface area contributed by atoms with Crippen molar-refractivity contribution in [2.45, 2.75) is 251 Å². The first-order chi connectivity index (χ1) is 22.8. The lowest BCUT2D eigenvalue weighted by atomic mass is 10.0. The van der Waals surface area contributed by atoms with E-state index in [0.29, 0.717) is 0 Å². The Morgan fingerprint density at radius 1 is 0.370 bits per heavy atom. The molecule has 0 aliphatic rings. The van der Waals surface area contributed by atoms with Crippen molar-refractivity contribution in [1.82, 2.24) is 4.90 Å². The van der Waals surface area contributed by atoms with Crippen LogP contribution in [0.2, 0.25) is 0 Å². The molecule has 0 bridgehead atoms. The Balaban J connectivity index is 3.55. The molecule has 3 nitrogen and oxygen atoms in total. The number of nitriles is 1. The van der Waals surface area contributed by atoms with Gasteiger partial charge in [0, 0.05) is 13.1 Å². The van der Waals surface area contributed by atoms with E-state index in [1.54, 1.807) is 0 Å². The maximum absolute atomic E-state index is 12.5. The van der Waals surface area contributed by atoms with Crippen LogP contribution in [0.3, 0.4) is 0 Å². The molecule has 0 heterocycles. The highest BCUT2D eigenvalue weighted by Crippen LogP contribution is 2.16. The molecule has 46 heavy (non-hydrogen) atoms. The predicted octanol–water partition coefficient (Wildman–Crippen LogP) is 14.8. The Labute approximate surface area is 290 Å². The van der Waals surface area contributed by atoms with Gasteiger partial charge in [-0.25, -0.2) is 0 Å². The standard InChI is InChI=1S/C43H84N2O/c1-3-5-7-9-11-13-15-17-19-21-23-25-27-29-31-33-35-37-41-45(43(46)39-40-44)42-38-36-34-32-30-28-26-24-22-20-18-16-14-12-10-8-6-4-2/h3-39,41-42H2,1-2H3. The SMILES string of the molecule is CCCCCCCCCCCCCCCCCCCCN(CCCCCCCCCCCCCCCCCCCC)C(=O)CC#N. The largest absolute Gasteiger partial charge is 0.342 e. The van der Waals surface area contributed by atoms with Crippen LogP contribution in [-0.4, -0.2) is 23.9 Å². The molecule has 3 heteroatoms. The number of rotatable bonds is 39. The van der Waals surface area contributed by atoms with Gasteiger partial charge in [0.25, 0.3) is 0 Å². The van der Waals surface area contributed by atoms with Gasteiger partial charge < -0.3 is 4.90 Å². The van der Waals surface area contributed by atoms with E-state index in [0.717, 1.165) is 25.9 Å². The van der Waals surface area contributed by atoms with Crippen LogP contribution in [-0.2, 0) is 4.79 Å². The first kappa shape index (κ1) is 45.0. The molecule has 0 N–H and O–H groups in total. The van der Waals surface area contributed by atoms with Crippen LogP contribution in [0.25, 0.3) is 0 Å². The van der Waals surface area contributed by atoms with E-state index in [2.05, 4.69) is 19.9 Å². The molecule has 0 aromatic rings. The zero-order chi connectivity index (χ0) is 33.4. The molecule has 0 aliphatic heterocycles. The number of hydrogen-bond donors (Lipinski definition) is 0. The molecule has 0 fully saturated rings. The summed E-state index contributed by atoms with van der Waals surface area (Å²) in [6, 6.07) is 2.08. The molecule has 0 aromatic heterocycles. The van der Waals surface area contributed by atoms with Crippen molar-refractivity contribution in [3.63, 3.8) is 0 Å². The zero-order valence-corrected chi connectivity index (χ0v) is 31.9. The lowest BCUT2D eigenvalue weighted by molar-refractivity contribution is -0.130. The van der Waals surface area contributed by atoms with E-state index in [1.807, 2.05) is 4.90 Å². The van der Waals surface area contributed by atoms with E-state index in [4.69, 9.17) is 5.26 Å². The minimum atomic E-state index is 0.0398. The number of carbonyl (C=O) groups is 1. The third kappa shape index (κ3) is 35.8. The highest BCUT2D eigenvalue weighted by Gasteiger charge is 2.12. The molecular weight excluding hydrogens is 560 g/mol. The molecule has 0 atom stereocenters. The van der Waals surface area contributed by atoms with Gasteiger partial charge in [0.1, 0.15) is 6.42 Å². The summed E-state index contributed by atoms with van der Waals surface area (Å²) in [5.41, 5.74) is 0. The molecule has 0 saturated heterocycles. The lowest BCUT2D eigenvalue weighted by Gasteiger charge is -2.21. The molecule has 0 radical (unpaired) electrons. The lowest BCUT2D eigenvalue weighted by Crippen LogP contribution is -2.32. The van der Waals surface area contributed by atoms with Gasteiger partial charge in [-0.2, -0.15) is 5.26 Å². The van der Waals surface area contributed by atoms with Crippen molar-refractivity contribution >= 4 is 5.91 Å². The van der Waals surface area contributed by atoms with Gasteiger partial charge in [-0.05, 0) is 12.8 Å². The van der Waals surface area contributed by atoms with Crippen molar-refractivity contribution in [3.05, 3.63) is 0 Å². The Hall–Kier alpha value is -1.04. The number of nitrogens with zero attached hydrogens (tertiary/aromatic N) is 2. The maximum Gasteiger partial charge on any atom is 0.236 e. The van der Waals surface area contributed by atoms with Crippen LogP contribution in [0.5, 0.6) is 0 Å². The van der Waals surface area contributed by atoms with Gasteiger partial charge in [-0.1, -0.05) is 232 Å². The molecule has 0 rings (SSSR count). The molecule has 0 unspecified atom stereocenters. The Bertz CT molecular complexity index is 587. The zero-order valence-electron chi connectivity index (χ0n) is 31.9. The van der Waals surface area contributed by atoms with Crippen LogP contribution in [0.15, 0.2) is 0 Å². The van der Waals surface area contributed by atoms with Crippen LogP contribution in [0, 0.1) is 11.3 Å². The third-order valence-corrected chi connectivity index (χ3v) is 10.1. The maximum atomic E-state index is 12.5. The molecule has 0 aliphatic carbocycles. The fraction of sp³-hybridized carbons (Fsp3) is 0.953. The number of amides is 1. The van der Waals surface area contributed by atoms with Crippen molar-refractivity contribution in [1.29, 1.82) is 5.26 Å². The second-order valence-corrected chi connectivity index (χ2v) is 14.7. The van der Waals surface area contributed by atoms with Crippen LogP contribution in [0.1, 0.15) is 251 Å². The van der Waals surface area contributed by atoms with Crippen LogP contribution in [0.4, 0.5) is 0 Å². The number of hydrogen-bond acceptors (Lipinski definition) is 2. The third-order valence-electron chi connectivity index (χ3n) is 10.1. The van der Waals surface area contributed by atoms with E-state index in [-0.39, 0.29) is 12.3 Å². The summed E-state index contributed by atoms with van der Waals surface area (Å²) in [4.78, 5) is 14.5. The van der Waals surface area contributed by atoms with Crippen molar-refractivity contribution < 1.29 is 4.79 Å². The van der Waals surface area contributed by atoms with E-state index in [1.165, 1.54) is 218 Å². The van der Waals surface area contributed by atoms with Gasteiger partial charge in [-0.15, -0.1) is 0 Å². The average Bonchev–Trinajstić information content (AvgIpc) is 3.06. The Morgan fingerprint density at radius 3 is 0.761 bits per heavy atom. The summed E-state index contributed by atoms with van der Waals surface area (Å²) in [6.45, 7) is 6.28. The summed E-state index contributed by atoms with van der Waals surface area (Å²) in [5.74, 6) is 0.0430. The molecular formula is C43H84N2O. The van der Waals surface area contributed by atoms with Crippen LogP contribution >= 0.6 is 0 Å². The first-order valence-electron chi connectivity index (χ1n) is 21.4. The smallest absolute Gasteiger partial charge is 0.236 e. The summed E-state index contributed by atoms with van der Waals surface area (Å²) in [5, 5.41) is 9.04. The van der Waals surface area contributed by atoms with Gasteiger partial charge in [0.2, 0.25) is 5.91 Å². The van der Waals surface area contributed by atoms with Gasteiger partial charge >= 0.3 is 0 Å². The van der Waals surface area contributed by atoms with Crippen molar-refractivity contribution in [3.8, 4) is 6.07 Å². The fourth-order valence-electron chi connectivity index (χ4n) is 6.95. The fourth-order valence-corrected chi connectivity index (χ4v) is 6.95. The second-order valence-electron chi connectivity index (χ2n) is 14.7. The first-order valence-corrected chi connectivity index (χ1v) is 21.4. The normalized spacial score (nSPS) is 11.2. The molecule has 0 aromatic carbocycles. The van der Waals surface area contributed by atoms with Crippen LogP contribution < -0.4 is 0 Å². The highest BCUT2D eigenvalue weighted by atomic mass is 16.2.